The first-order valence-electron chi connectivity index (χ1n) is 9.64. The Bertz CT molecular complexity index is 644. The van der Waals surface area contributed by atoms with Crippen LogP contribution in [-0.2, 0) is 19.1 Å². The molecule has 136 valence electrons. The van der Waals surface area contributed by atoms with Gasteiger partial charge >= 0.3 is 0 Å². The minimum absolute atomic E-state index is 0.000700. The Kier molecular flexibility index (Phi) is 4.54. The van der Waals surface area contributed by atoms with E-state index in [0.29, 0.717) is 11.1 Å². The van der Waals surface area contributed by atoms with E-state index in [9.17, 15) is 9.59 Å². The summed E-state index contributed by atoms with van der Waals surface area (Å²) < 4.78 is 11.6. The summed E-state index contributed by atoms with van der Waals surface area (Å²) in [5.74, 6) is -0.0781. The van der Waals surface area contributed by atoms with Crippen LogP contribution in [0.4, 0.5) is 0 Å². The molecular formula is C20H27NO4. The van der Waals surface area contributed by atoms with Gasteiger partial charge in [-0.25, -0.2) is 0 Å². The number of carbonyl (C=O) groups is 2. The molecule has 2 heterocycles. The highest BCUT2D eigenvalue weighted by atomic mass is 16.5. The van der Waals surface area contributed by atoms with Crippen molar-refractivity contribution in [1.82, 2.24) is 4.90 Å². The van der Waals surface area contributed by atoms with Crippen molar-refractivity contribution < 1.29 is 19.1 Å². The van der Waals surface area contributed by atoms with E-state index in [1.807, 2.05) is 0 Å². The fourth-order valence-electron chi connectivity index (χ4n) is 5.14. The molecule has 2 fully saturated rings. The average molecular weight is 345 g/mol. The molecule has 0 bridgehead atoms. The van der Waals surface area contributed by atoms with E-state index < -0.39 is 5.72 Å². The topological polar surface area (TPSA) is 55.8 Å². The van der Waals surface area contributed by atoms with E-state index in [1.165, 1.54) is 38.9 Å². The first-order valence-corrected chi connectivity index (χ1v) is 9.64. The summed E-state index contributed by atoms with van der Waals surface area (Å²) in [7, 11) is 1.44. The fraction of sp³-hybridized carbons (Fsp3) is 0.700. The van der Waals surface area contributed by atoms with Gasteiger partial charge in [0.2, 0.25) is 5.78 Å². The summed E-state index contributed by atoms with van der Waals surface area (Å²) in [6, 6.07) is 0. The maximum Gasteiger partial charge on any atom is 0.226 e. The predicted molar refractivity (Wildman–Crippen MR) is 92.8 cm³/mol. The van der Waals surface area contributed by atoms with Crippen molar-refractivity contribution in [2.24, 2.45) is 5.92 Å². The second kappa shape index (κ2) is 6.69. The van der Waals surface area contributed by atoms with E-state index in [0.717, 1.165) is 38.8 Å². The summed E-state index contributed by atoms with van der Waals surface area (Å²) in [5, 5.41) is 0. The molecular weight excluding hydrogens is 318 g/mol. The third kappa shape index (κ3) is 2.68. The molecule has 0 radical (unpaired) electrons. The van der Waals surface area contributed by atoms with Crippen LogP contribution in [0.3, 0.4) is 0 Å². The van der Waals surface area contributed by atoms with Crippen LogP contribution in [0.2, 0.25) is 0 Å². The first kappa shape index (κ1) is 17.0. The minimum atomic E-state index is -0.399. The Morgan fingerprint density at radius 3 is 2.64 bits per heavy atom. The largest absolute Gasteiger partial charge is 0.493 e. The minimum Gasteiger partial charge on any atom is -0.493 e. The van der Waals surface area contributed by atoms with Crippen molar-refractivity contribution in [1.29, 1.82) is 0 Å². The zero-order valence-corrected chi connectivity index (χ0v) is 15.0. The number of allylic oxidation sites excluding steroid dienone is 2. The van der Waals surface area contributed by atoms with Gasteiger partial charge in [-0.15, -0.1) is 0 Å². The summed E-state index contributed by atoms with van der Waals surface area (Å²) >= 11 is 0. The lowest BCUT2D eigenvalue weighted by Gasteiger charge is -2.51. The lowest BCUT2D eigenvalue weighted by atomic mass is 9.71. The number of carbonyl (C=O) groups excluding carboxylic acids is 2. The number of methoxy groups -OCH3 is 1. The Morgan fingerprint density at radius 2 is 1.88 bits per heavy atom. The Morgan fingerprint density at radius 1 is 1.12 bits per heavy atom. The molecule has 2 atom stereocenters. The molecule has 5 nitrogen and oxygen atoms in total. The molecule has 4 rings (SSSR count). The van der Waals surface area contributed by atoms with Gasteiger partial charge in [0, 0.05) is 36.2 Å². The molecule has 2 aliphatic heterocycles. The van der Waals surface area contributed by atoms with E-state index in [4.69, 9.17) is 9.47 Å². The number of Topliss-reactive ketones (excluding diaryl/α,β-unsaturated/α-hetero) is 1. The second-order valence-corrected chi connectivity index (χ2v) is 7.63. The lowest BCUT2D eigenvalue weighted by molar-refractivity contribution is -0.190. The number of hydrogen-bond acceptors (Lipinski definition) is 5. The van der Waals surface area contributed by atoms with Crippen molar-refractivity contribution in [2.75, 3.05) is 26.8 Å². The van der Waals surface area contributed by atoms with Crippen molar-refractivity contribution in [3.63, 3.8) is 0 Å². The van der Waals surface area contributed by atoms with Crippen LogP contribution in [0.1, 0.15) is 51.4 Å². The van der Waals surface area contributed by atoms with E-state index in [2.05, 4.69) is 4.90 Å². The normalized spacial score (nSPS) is 34.1. The van der Waals surface area contributed by atoms with Gasteiger partial charge in [-0.05, 0) is 32.1 Å². The highest BCUT2D eigenvalue weighted by Crippen LogP contribution is 2.48. The van der Waals surface area contributed by atoms with Gasteiger partial charge in [0.25, 0.3) is 0 Å². The van der Waals surface area contributed by atoms with Crippen LogP contribution in [0.5, 0.6) is 0 Å². The highest BCUT2D eigenvalue weighted by molar-refractivity contribution is 6.22. The van der Waals surface area contributed by atoms with Crippen LogP contribution >= 0.6 is 0 Å². The summed E-state index contributed by atoms with van der Waals surface area (Å²) in [4.78, 5) is 28.1. The van der Waals surface area contributed by atoms with Crippen LogP contribution in [-0.4, -0.2) is 49.0 Å². The summed E-state index contributed by atoms with van der Waals surface area (Å²) in [6.45, 7) is 2.29. The van der Waals surface area contributed by atoms with Crippen molar-refractivity contribution in [3.8, 4) is 0 Å². The van der Waals surface area contributed by atoms with Gasteiger partial charge < -0.3 is 9.47 Å². The SMILES string of the molecule is COC1=CC(=O)C2=C(CO[C@]3(N4CCCC4)CCCCCC[C@H]23)C1=O. The second-order valence-electron chi connectivity index (χ2n) is 7.63. The van der Waals surface area contributed by atoms with Gasteiger partial charge in [-0.3, -0.25) is 14.5 Å². The fourth-order valence-corrected chi connectivity index (χ4v) is 5.14. The zero-order valence-electron chi connectivity index (χ0n) is 15.0. The van der Waals surface area contributed by atoms with Crippen LogP contribution in [0.25, 0.3) is 0 Å². The molecule has 0 unspecified atom stereocenters. The van der Waals surface area contributed by atoms with Gasteiger partial charge in [0.1, 0.15) is 5.72 Å². The van der Waals surface area contributed by atoms with Gasteiger partial charge in [0.05, 0.1) is 13.7 Å². The lowest BCUT2D eigenvalue weighted by Crippen LogP contribution is -2.59. The zero-order chi connectivity index (χ0) is 17.4. The number of ether oxygens (including phenoxy) is 2. The average Bonchev–Trinajstić information content (AvgIpc) is 3.13. The first-order chi connectivity index (χ1) is 12.2. The maximum atomic E-state index is 12.9. The van der Waals surface area contributed by atoms with Crippen LogP contribution < -0.4 is 0 Å². The number of nitrogens with zero attached hydrogens (tertiary/aromatic N) is 1. The number of fused-ring (bicyclic) bond motifs is 2. The molecule has 0 amide bonds. The van der Waals surface area contributed by atoms with Crippen LogP contribution in [0, 0.1) is 5.92 Å². The van der Waals surface area contributed by atoms with Crippen LogP contribution in [0.15, 0.2) is 23.0 Å². The molecule has 0 aromatic rings. The molecule has 5 heteroatoms. The molecule has 0 aromatic carbocycles. The standard InChI is InChI=1S/C20H27NO4/c1-24-17-12-16(22)18-14(19(17)23)13-25-20(21-10-6-7-11-21)9-5-3-2-4-8-15(18)20/h12,15H,2-11,13H2,1H3/t15-,20-/m1/s1. The third-order valence-electron chi connectivity index (χ3n) is 6.35. The van der Waals surface area contributed by atoms with E-state index in [1.54, 1.807) is 0 Å². The molecule has 0 spiro atoms. The van der Waals surface area contributed by atoms with Crippen molar-refractivity contribution in [3.05, 3.63) is 23.0 Å². The number of ketones is 2. The number of rotatable bonds is 2. The monoisotopic (exact) mass is 345 g/mol. The molecule has 0 N–H and O–H groups in total. The van der Waals surface area contributed by atoms with Gasteiger partial charge in [-0.1, -0.05) is 19.3 Å². The van der Waals surface area contributed by atoms with Crippen molar-refractivity contribution in [2.45, 2.75) is 57.1 Å². The Hall–Kier alpha value is -1.46. The van der Waals surface area contributed by atoms with Gasteiger partial charge in [0.15, 0.2) is 11.5 Å². The smallest absolute Gasteiger partial charge is 0.226 e. The number of likely N-dealkylation sites (tertiary alicyclic amines) is 1. The predicted octanol–water partition coefficient (Wildman–Crippen LogP) is 2.76. The number of hydrogen-bond donors (Lipinski definition) is 0. The van der Waals surface area contributed by atoms with Crippen molar-refractivity contribution >= 4 is 11.6 Å². The summed E-state index contributed by atoms with van der Waals surface area (Å²) in [6.07, 6.45) is 10.3. The van der Waals surface area contributed by atoms with Gasteiger partial charge in [-0.2, -0.15) is 0 Å². The molecule has 1 saturated heterocycles. The Labute approximate surface area is 149 Å². The maximum absolute atomic E-state index is 12.9. The molecule has 2 aliphatic carbocycles. The third-order valence-corrected chi connectivity index (χ3v) is 6.35. The van der Waals surface area contributed by atoms with E-state index in [-0.39, 0.29) is 29.9 Å². The van der Waals surface area contributed by atoms with E-state index >= 15 is 0 Å². The molecule has 25 heavy (non-hydrogen) atoms. The summed E-state index contributed by atoms with van der Waals surface area (Å²) in [5.41, 5.74) is 0.847. The molecule has 0 aromatic heterocycles. The highest BCUT2D eigenvalue weighted by Gasteiger charge is 2.53. The molecule has 4 aliphatic rings. The molecule has 1 saturated carbocycles. The quantitative estimate of drug-likeness (QED) is 0.720. The Balaban J connectivity index is 1.77.